The van der Waals surface area contributed by atoms with Crippen LogP contribution in [0.15, 0.2) is 12.2 Å². The lowest BCUT2D eigenvalue weighted by Crippen LogP contribution is -2.56. The van der Waals surface area contributed by atoms with Crippen molar-refractivity contribution in [2.24, 2.45) is 17.8 Å². The number of carbonyl (C=O) groups is 1. The Balaban J connectivity index is 1.27. The Hall–Kier alpha value is -0.990. The smallest absolute Gasteiger partial charge is 0.309 e. The Kier molecular flexibility index (Phi) is 4.02. The molecule has 2 aliphatic carbocycles. The summed E-state index contributed by atoms with van der Waals surface area (Å²) < 4.78 is 35.8. The SMILES string of the molecule is CC1(C)O[C@H]2[C@@H](O1)[C@@H](COC(=O)[C@H]1C[C@H]3C=C[C@@H]1C3)O[C@@H]1OC(C)(C)O[C@@H]12. The van der Waals surface area contributed by atoms with E-state index in [1.165, 1.54) is 0 Å². The van der Waals surface area contributed by atoms with E-state index in [9.17, 15) is 4.79 Å². The second kappa shape index (κ2) is 6.00. The number of carbonyl (C=O) groups excluding carboxylic acids is 1. The zero-order valence-electron chi connectivity index (χ0n) is 16.3. The van der Waals surface area contributed by atoms with E-state index in [1.54, 1.807) is 0 Å². The van der Waals surface area contributed by atoms with Gasteiger partial charge in [0.25, 0.3) is 0 Å². The maximum absolute atomic E-state index is 12.6. The molecule has 0 radical (unpaired) electrons. The lowest BCUT2D eigenvalue weighted by Gasteiger charge is -2.37. The minimum absolute atomic E-state index is 0.0330. The van der Waals surface area contributed by atoms with Gasteiger partial charge in [0.15, 0.2) is 17.9 Å². The molecule has 3 saturated heterocycles. The summed E-state index contributed by atoms with van der Waals surface area (Å²) in [4.78, 5) is 12.6. The monoisotopic (exact) mass is 380 g/mol. The van der Waals surface area contributed by atoms with Gasteiger partial charge >= 0.3 is 5.97 Å². The second-order valence-corrected chi connectivity index (χ2v) is 9.22. The molecule has 7 heteroatoms. The summed E-state index contributed by atoms with van der Waals surface area (Å²) in [5.41, 5.74) is 0. The number of allylic oxidation sites excluding steroid dienone is 2. The first-order valence-corrected chi connectivity index (χ1v) is 9.92. The summed E-state index contributed by atoms with van der Waals surface area (Å²) in [7, 11) is 0. The highest BCUT2D eigenvalue weighted by atomic mass is 16.9. The van der Waals surface area contributed by atoms with Gasteiger partial charge in [-0.05, 0) is 52.4 Å². The predicted octanol–water partition coefficient (Wildman–Crippen LogP) is 2.14. The van der Waals surface area contributed by atoms with E-state index >= 15 is 0 Å². The highest BCUT2D eigenvalue weighted by Crippen LogP contribution is 2.45. The van der Waals surface area contributed by atoms with Crippen molar-refractivity contribution in [3.05, 3.63) is 12.2 Å². The molecular weight excluding hydrogens is 352 g/mol. The first kappa shape index (κ1) is 18.1. The van der Waals surface area contributed by atoms with Crippen molar-refractivity contribution in [1.82, 2.24) is 0 Å². The fourth-order valence-corrected chi connectivity index (χ4v) is 5.15. The molecule has 3 heterocycles. The van der Waals surface area contributed by atoms with Gasteiger partial charge in [-0.25, -0.2) is 0 Å². The molecule has 0 unspecified atom stereocenters. The number of hydrogen-bond donors (Lipinski definition) is 0. The van der Waals surface area contributed by atoms with Crippen LogP contribution in [0.2, 0.25) is 0 Å². The molecule has 1 saturated carbocycles. The van der Waals surface area contributed by atoms with Crippen molar-refractivity contribution in [2.75, 3.05) is 6.61 Å². The summed E-state index contributed by atoms with van der Waals surface area (Å²) in [6.45, 7) is 7.56. The molecule has 8 atom stereocenters. The normalized spacial score (nSPS) is 48.4. The van der Waals surface area contributed by atoms with E-state index in [-0.39, 0.29) is 36.8 Å². The Morgan fingerprint density at radius 1 is 0.963 bits per heavy atom. The molecule has 4 fully saturated rings. The van der Waals surface area contributed by atoms with Crippen LogP contribution < -0.4 is 0 Å². The van der Waals surface area contributed by atoms with Crippen LogP contribution in [0, 0.1) is 17.8 Å². The quantitative estimate of drug-likeness (QED) is 0.549. The second-order valence-electron chi connectivity index (χ2n) is 9.22. The number of ether oxygens (including phenoxy) is 6. The van der Waals surface area contributed by atoms with Crippen LogP contribution in [-0.4, -0.2) is 54.9 Å². The van der Waals surface area contributed by atoms with Crippen molar-refractivity contribution in [3.63, 3.8) is 0 Å². The van der Waals surface area contributed by atoms with E-state index < -0.39 is 24.0 Å². The van der Waals surface area contributed by atoms with E-state index in [2.05, 4.69) is 12.2 Å². The maximum Gasteiger partial charge on any atom is 0.309 e. The highest BCUT2D eigenvalue weighted by Gasteiger charge is 2.61. The van der Waals surface area contributed by atoms with Crippen LogP contribution in [-0.2, 0) is 33.2 Å². The summed E-state index contributed by atoms with van der Waals surface area (Å²) >= 11 is 0. The molecule has 3 aliphatic heterocycles. The molecular formula is C20H28O7. The van der Waals surface area contributed by atoms with Gasteiger partial charge in [0.1, 0.15) is 31.0 Å². The van der Waals surface area contributed by atoms with E-state index in [0.29, 0.717) is 11.8 Å². The third kappa shape index (κ3) is 3.13. The van der Waals surface area contributed by atoms with Crippen LogP contribution in [0.4, 0.5) is 0 Å². The first-order chi connectivity index (χ1) is 12.7. The number of esters is 1. The Bertz CT molecular complexity index is 657. The molecule has 150 valence electrons. The average Bonchev–Trinajstić information content (AvgIpc) is 3.32. The Morgan fingerprint density at radius 3 is 2.37 bits per heavy atom. The molecule has 0 N–H and O–H groups in total. The van der Waals surface area contributed by atoms with Gasteiger partial charge in [-0.2, -0.15) is 0 Å². The fraction of sp³-hybridized carbons (Fsp3) is 0.850. The molecule has 0 amide bonds. The lowest BCUT2D eigenvalue weighted by atomic mass is 9.94. The first-order valence-electron chi connectivity index (χ1n) is 9.92. The van der Waals surface area contributed by atoms with Gasteiger partial charge in [-0.15, -0.1) is 0 Å². The third-order valence-corrected chi connectivity index (χ3v) is 6.22. The van der Waals surface area contributed by atoms with Crippen molar-refractivity contribution >= 4 is 5.97 Å². The average molecular weight is 380 g/mol. The lowest BCUT2D eigenvalue weighted by molar-refractivity contribution is -0.242. The van der Waals surface area contributed by atoms with E-state index in [0.717, 1.165) is 12.8 Å². The molecule has 7 nitrogen and oxygen atoms in total. The molecule has 0 aromatic rings. The zero-order valence-corrected chi connectivity index (χ0v) is 16.3. The molecule has 0 spiro atoms. The van der Waals surface area contributed by atoms with Gasteiger partial charge < -0.3 is 28.4 Å². The van der Waals surface area contributed by atoms with Crippen molar-refractivity contribution < 1.29 is 33.2 Å². The fourth-order valence-electron chi connectivity index (χ4n) is 5.15. The summed E-state index contributed by atoms with van der Waals surface area (Å²) in [5, 5.41) is 0. The third-order valence-electron chi connectivity index (χ3n) is 6.22. The van der Waals surface area contributed by atoms with E-state index in [4.69, 9.17) is 28.4 Å². The standard InChI is InChI=1S/C20H28O7/c1-19(2)24-14-13(9-22-17(21)12-8-10-5-6-11(12)7-10)23-18-16(15(14)25-19)26-20(3,4)27-18/h5-6,10-16,18H,7-9H2,1-4H3/t10-,11+,12-,13+,14-,15-,16+,18+/m0/s1. The molecule has 0 aromatic heterocycles. The topological polar surface area (TPSA) is 72.5 Å². The van der Waals surface area contributed by atoms with Crippen LogP contribution in [0.5, 0.6) is 0 Å². The zero-order chi connectivity index (χ0) is 19.0. The number of hydrogen-bond acceptors (Lipinski definition) is 7. The predicted molar refractivity (Wildman–Crippen MR) is 92.3 cm³/mol. The summed E-state index contributed by atoms with van der Waals surface area (Å²) in [5.74, 6) is -0.824. The largest absolute Gasteiger partial charge is 0.463 e. The van der Waals surface area contributed by atoms with E-state index in [1.807, 2.05) is 27.7 Å². The van der Waals surface area contributed by atoms with Crippen LogP contribution in [0.3, 0.4) is 0 Å². The molecule has 5 aliphatic rings. The van der Waals surface area contributed by atoms with Crippen LogP contribution in [0.25, 0.3) is 0 Å². The summed E-state index contributed by atoms with van der Waals surface area (Å²) in [6.07, 6.45) is 4.26. The van der Waals surface area contributed by atoms with Gasteiger partial charge in [0, 0.05) is 0 Å². The Morgan fingerprint density at radius 2 is 1.67 bits per heavy atom. The van der Waals surface area contributed by atoms with Gasteiger partial charge in [0.2, 0.25) is 0 Å². The molecule has 0 aromatic carbocycles. The summed E-state index contributed by atoms with van der Waals surface area (Å²) in [6, 6.07) is 0. The van der Waals surface area contributed by atoms with Gasteiger partial charge in [0.05, 0.1) is 5.92 Å². The van der Waals surface area contributed by atoms with Crippen molar-refractivity contribution in [2.45, 2.75) is 82.8 Å². The molecule has 5 rings (SSSR count). The van der Waals surface area contributed by atoms with Gasteiger partial charge in [-0.1, -0.05) is 12.2 Å². The number of rotatable bonds is 3. The minimum atomic E-state index is -0.753. The van der Waals surface area contributed by atoms with Crippen LogP contribution >= 0.6 is 0 Å². The van der Waals surface area contributed by atoms with Crippen LogP contribution in [0.1, 0.15) is 40.5 Å². The number of fused-ring (bicyclic) bond motifs is 5. The Labute approximate surface area is 159 Å². The van der Waals surface area contributed by atoms with Crippen molar-refractivity contribution in [3.8, 4) is 0 Å². The molecule has 2 bridgehead atoms. The minimum Gasteiger partial charge on any atom is -0.463 e. The highest BCUT2D eigenvalue weighted by molar-refractivity contribution is 5.74. The van der Waals surface area contributed by atoms with Crippen molar-refractivity contribution in [1.29, 1.82) is 0 Å². The van der Waals surface area contributed by atoms with Gasteiger partial charge in [-0.3, -0.25) is 4.79 Å². The molecule has 27 heavy (non-hydrogen) atoms. The maximum atomic E-state index is 12.6.